The Hall–Kier alpha value is -0.910. The molecule has 0 radical (unpaired) electrons. The van der Waals surface area contributed by atoms with Gasteiger partial charge in [0.15, 0.2) is 0 Å². The lowest BCUT2D eigenvalue weighted by molar-refractivity contribution is 0.0611. The summed E-state index contributed by atoms with van der Waals surface area (Å²) in [6, 6.07) is 1.03. The molecule has 1 fully saturated rings. The van der Waals surface area contributed by atoms with Crippen LogP contribution in [0.15, 0.2) is 12.4 Å². The number of aryl methyl sites for hydroxylation is 1. The molecule has 5 heteroatoms. The maximum atomic E-state index is 6.38. The van der Waals surface area contributed by atoms with Crippen LogP contribution in [0.3, 0.4) is 0 Å². The van der Waals surface area contributed by atoms with Crippen molar-refractivity contribution in [3.8, 4) is 0 Å². The summed E-state index contributed by atoms with van der Waals surface area (Å²) >= 11 is 0. The van der Waals surface area contributed by atoms with E-state index >= 15 is 0 Å². The first-order valence-corrected chi connectivity index (χ1v) is 7.21. The Morgan fingerprint density at radius 2 is 2.16 bits per heavy atom. The van der Waals surface area contributed by atoms with Gasteiger partial charge < -0.3 is 10.6 Å². The largest absolute Gasteiger partial charge is 0.326 e. The Morgan fingerprint density at radius 1 is 1.42 bits per heavy atom. The minimum absolute atomic E-state index is 0.166. The smallest absolute Gasteiger partial charge is 0.0538 e. The highest BCUT2D eigenvalue weighted by Crippen LogP contribution is 2.26. The Balaban J connectivity index is 2.18. The SMILES string of the molecule is CCC(N)C(c1cnn(C)c1)N1CCN(C)C(C)C1. The quantitative estimate of drug-likeness (QED) is 0.876. The third kappa shape index (κ3) is 3.16. The summed E-state index contributed by atoms with van der Waals surface area (Å²) < 4.78 is 1.87. The summed E-state index contributed by atoms with van der Waals surface area (Å²) in [6.07, 6.45) is 5.05. The fraction of sp³-hybridized carbons (Fsp3) is 0.786. The van der Waals surface area contributed by atoms with Crippen LogP contribution in [0.4, 0.5) is 0 Å². The van der Waals surface area contributed by atoms with Crippen molar-refractivity contribution in [2.24, 2.45) is 12.8 Å². The van der Waals surface area contributed by atoms with Gasteiger partial charge in [0.25, 0.3) is 0 Å². The molecule has 2 rings (SSSR count). The van der Waals surface area contributed by atoms with Gasteiger partial charge in [-0.1, -0.05) is 6.92 Å². The number of nitrogens with two attached hydrogens (primary N) is 1. The Kier molecular flexibility index (Phi) is 4.60. The minimum Gasteiger partial charge on any atom is -0.326 e. The van der Waals surface area contributed by atoms with Crippen LogP contribution in [0, 0.1) is 0 Å². The van der Waals surface area contributed by atoms with E-state index in [-0.39, 0.29) is 12.1 Å². The number of hydrogen-bond donors (Lipinski definition) is 1. The lowest BCUT2D eigenvalue weighted by Gasteiger charge is -2.43. The highest BCUT2D eigenvalue weighted by molar-refractivity contribution is 5.14. The van der Waals surface area contributed by atoms with Gasteiger partial charge in [0.05, 0.1) is 12.2 Å². The van der Waals surface area contributed by atoms with Crippen molar-refractivity contribution in [3.05, 3.63) is 18.0 Å². The van der Waals surface area contributed by atoms with Crippen molar-refractivity contribution in [1.29, 1.82) is 0 Å². The number of piperazine rings is 1. The molecule has 0 saturated carbocycles. The maximum Gasteiger partial charge on any atom is 0.0538 e. The number of rotatable bonds is 4. The van der Waals surface area contributed by atoms with E-state index in [1.165, 1.54) is 5.56 Å². The van der Waals surface area contributed by atoms with E-state index in [2.05, 4.69) is 42.0 Å². The third-order valence-corrected chi connectivity index (χ3v) is 4.33. The van der Waals surface area contributed by atoms with Gasteiger partial charge in [0.1, 0.15) is 0 Å². The molecular formula is C14H27N5. The van der Waals surface area contributed by atoms with Crippen LogP contribution in [0.1, 0.15) is 31.9 Å². The minimum atomic E-state index is 0.166. The Bertz CT molecular complexity index is 402. The van der Waals surface area contributed by atoms with E-state index < -0.39 is 0 Å². The first kappa shape index (κ1) is 14.5. The van der Waals surface area contributed by atoms with Crippen LogP contribution in [0.5, 0.6) is 0 Å². The molecular weight excluding hydrogens is 238 g/mol. The highest BCUT2D eigenvalue weighted by Gasteiger charge is 2.31. The Labute approximate surface area is 116 Å². The second-order valence-corrected chi connectivity index (χ2v) is 5.79. The molecule has 3 unspecified atom stereocenters. The molecule has 0 aliphatic carbocycles. The van der Waals surface area contributed by atoms with Gasteiger partial charge in [-0.3, -0.25) is 9.58 Å². The predicted octanol–water partition coefficient (Wildman–Crippen LogP) is 0.834. The average Bonchev–Trinajstić information content (AvgIpc) is 2.80. The van der Waals surface area contributed by atoms with Crippen molar-refractivity contribution >= 4 is 0 Å². The van der Waals surface area contributed by atoms with E-state index in [1.54, 1.807) is 0 Å². The number of likely N-dealkylation sites (N-methyl/N-ethyl adjacent to an activating group) is 1. The fourth-order valence-corrected chi connectivity index (χ4v) is 2.87. The monoisotopic (exact) mass is 265 g/mol. The van der Waals surface area contributed by atoms with Crippen LogP contribution >= 0.6 is 0 Å². The number of nitrogens with zero attached hydrogens (tertiary/aromatic N) is 4. The van der Waals surface area contributed by atoms with Gasteiger partial charge >= 0.3 is 0 Å². The summed E-state index contributed by atoms with van der Waals surface area (Å²) in [5.74, 6) is 0. The normalized spacial score (nSPS) is 25.4. The van der Waals surface area contributed by atoms with E-state index in [4.69, 9.17) is 5.73 Å². The lowest BCUT2D eigenvalue weighted by Crippen LogP contribution is -2.54. The van der Waals surface area contributed by atoms with Crippen LogP contribution in [0.25, 0.3) is 0 Å². The maximum absolute atomic E-state index is 6.38. The van der Waals surface area contributed by atoms with E-state index in [1.807, 2.05) is 17.9 Å². The molecule has 0 spiro atoms. The highest BCUT2D eigenvalue weighted by atomic mass is 15.3. The predicted molar refractivity (Wildman–Crippen MR) is 77.9 cm³/mol. The molecule has 1 aromatic heterocycles. The van der Waals surface area contributed by atoms with Gasteiger partial charge in [-0.05, 0) is 20.4 Å². The van der Waals surface area contributed by atoms with E-state index in [9.17, 15) is 0 Å². The summed E-state index contributed by atoms with van der Waals surface area (Å²) in [5, 5.41) is 4.31. The molecule has 1 saturated heterocycles. The topological polar surface area (TPSA) is 50.3 Å². The zero-order valence-corrected chi connectivity index (χ0v) is 12.6. The van der Waals surface area contributed by atoms with Gasteiger partial charge in [-0.2, -0.15) is 5.10 Å². The molecule has 2 N–H and O–H groups in total. The second kappa shape index (κ2) is 6.03. The first-order chi connectivity index (χ1) is 9.02. The molecule has 1 aromatic rings. The third-order valence-electron chi connectivity index (χ3n) is 4.33. The molecule has 1 aliphatic heterocycles. The Morgan fingerprint density at radius 3 is 2.68 bits per heavy atom. The van der Waals surface area contributed by atoms with Crippen molar-refractivity contribution in [1.82, 2.24) is 19.6 Å². The van der Waals surface area contributed by atoms with Crippen molar-refractivity contribution in [2.75, 3.05) is 26.7 Å². The summed E-state index contributed by atoms with van der Waals surface area (Å²) in [5.41, 5.74) is 7.62. The average molecular weight is 265 g/mol. The van der Waals surface area contributed by atoms with Gasteiger partial charge in [-0.25, -0.2) is 0 Å². The zero-order valence-electron chi connectivity index (χ0n) is 12.6. The molecule has 0 aromatic carbocycles. The summed E-state index contributed by atoms with van der Waals surface area (Å²) in [6.45, 7) is 7.70. The molecule has 3 atom stereocenters. The molecule has 5 nitrogen and oxygen atoms in total. The number of aromatic nitrogens is 2. The summed E-state index contributed by atoms with van der Waals surface area (Å²) in [7, 11) is 4.16. The van der Waals surface area contributed by atoms with Gasteiger partial charge in [0, 0.05) is 50.5 Å². The van der Waals surface area contributed by atoms with Crippen molar-refractivity contribution in [2.45, 2.75) is 38.4 Å². The van der Waals surface area contributed by atoms with Crippen LogP contribution < -0.4 is 5.73 Å². The van der Waals surface area contributed by atoms with Crippen LogP contribution in [-0.2, 0) is 7.05 Å². The zero-order chi connectivity index (χ0) is 14.0. The van der Waals surface area contributed by atoms with Crippen LogP contribution in [0.2, 0.25) is 0 Å². The second-order valence-electron chi connectivity index (χ2n) is 5.79. The molecule has 108 valence electrons. The van der Waals surface area contributed by atoms with Crippen molar-refractivity contribution in [3.63, 3.8) is 0 Å². The molecule has 0 bridgehead atoms. The summed E-state index contributed by atoms with van der Waals surface area (Å²) in [4.78, 5) is 4.93. The number of hydrogen-bond acceptors (Lipinski definition) is 4. The van der Waals surface area contributed by atoms with E-state index in [0.717, 1.165) is 26.1 Å². The van der Waals surface area contributed by atoms with Gasteiger partial charge in [0.2, 0.25) is 0 Å². The molecule has 2 heterocycles. The fourth-order valence-electron chi connectivity index (χ4n) is 2.87. The van der Waals surface area contributed by atoms with Crippen LogP contribution in [-0.4, -0.2) is 58.3 Å². The molecule has 0 amide bonds. The first-order valence-electron chi connectivity index (χ1n) is 7.21. The lowest BCUT2D eigenvalue weighted by atomic mass is 9.97. The van der Waals surface area contributed by atoms with E-state index in [0.29, 0.717) is 6.04 Å². The van der Waals surface area contributed by atoms with Gasteiger partial charge in [-0.15, -0.1) is 0 Å². The van der Waals surface area contributed by atoms with Crippen molar-refractivity contribution < 1.29 is 0 Å². The standard InChI is InChI=1S/C14H27N5/c1-5-13(15)14(12-8-16-18(4)10-12)19-7-6-17(3)11(2)9-19/h8,10-11,13-14H,5-7,9,15H2,1-4H3. The molecule has 1 aliphatic rings. The molecule has 19 heavy (non-hydrogen) atoms.